The van der Waals surface area contributed by atoms with Crippen molar-refractivity contribution in [2.75, 3.05) is 0 Å². The summed E-state index contributed by atoms with van der Waals surface area (Å²) in [5.74, 6) is 0. The number of nitrogens with one attached hydrogen (secondary N) is 2. The van der Waals surface area contributed by atoms with Crippen LogP contribution in [0, 0.1) is 0 Å². The Bertz CT molecular complexity index is 98.6. The molecule has 0 bridgehead atoms. The van der Waals surface area contributed by atoms with Crippen molar-refractivity contribution in [1.82, 2.24) is 10.6 Å². The third-order valence-electron chi connectivity index (χ3n) is 0.423. The summed E-state index contributed by atoms with van der Waals surface area (Å²) in [6, 6.07) is -0.574. The zero-order valence-electron chi connectivity index (χ0n) is 4.18. The SMILES string of the molecule is C=CNC(=O)NC=O. The van der Waals surface area contributed by atoms with E-state index in [9.17, 15) is 9.59 Å². The fourth-order valence-corrected chi connectivity index (χ4v) is 0.188. The molecular weight excluding hydrogens is 108 g/mol. The monoisotopic (exact) mass is 114 g/mol. The van der Waals surface area contributed by atoms with Gasteiger partial charge in [-0.3, -0.25) is 10.1 Å². The van der Waals surface area contributed by atoms with Crippen LogP contribution in [0.5, 0.6) is 0 Å². The first-order valence-corrected chi connectivity index (χ1v) is 1.93. The maximum absolute atomic E-state index is 10.1. The number of hydrogen-bond donors (Lipinski definition) is 2. The van der Waals surface area contributed by atoms with Crippen LogP contribution in [0.2, 0.25) is 0 Å². The van der Waals surface area contributed by atoms with E-state index in [1.807, 2.05) is 5.32 Å². The lowest BCUT2D eigenvalue weighted by Crippen LogP contribution is -2.30. The van der Waals surface area contributed by atoms with Crippen molar-refractivity contribution < 1.29 is 9.59 Å². The summed E-state index contributed by atoms with van der Waals surface area (Å²) in [6.45, 7) is 3.20. The highest BCUT2D eigenvalue weighted by Crippen LogP contribution is 1.56. The van der Waals surface area contributed by atoms with Crippen LogP contribution in [-0.2, 0) is 4.79 Å². The summed E-state index contributed by atoms with van der Waals surface area (Å²) < 4.78 is 0. The van der Waals surface area contributed by atoms with Crippen molar-refractivity contribution in [3.63, 3.8) is 0 Å². The molecule has 0 radical (unpaired) electrons. The summed E-state index contributed by atoms with van der Waals surface area (Å²) in [5, 5.41) is 3.97. The topological polar surface area (TPSA) is 58.2 Å². The molecular formula is C4H6N2O2. The van der Waals surface area contributed by atoms with Crippen LogP contribution >= 0.6 is 0 Å². The van der Waals surface area contributed by atoms with Crippen molar-refractivity contribution in [3.05, 3.63) is 12.8 Å². The van der Waals surface area contributed by atoms with E-state index < -0.39 is 6.03 Å². The standard InChI is InChI=1S/C4H6N2O2/c1-2-5-4(8)6-3-7/h2-3H,1H2,(H2,5,6,7,8). The summed E-state index contributed by atoms with van der Waals surface area (Å²) in [7, 11) is 0. The molecule has 0 aliphatic carbocycles. The molecule has 0 saturated carbocycles. The Hall–Kier alpha value is -1.32. The number of carbonyl (C=O) groups is 2. The number of carbonyl (C=O) groups excluding carboxylic acids is 2. The Balaban J connectivity index is 3.32. The smallest absolute Gasteiger partial charge is 0.315 e. The Morgan fingerprint density at radius 1 is 1.50 bits per heavy atom. The molecule has 2 N–H and O–H groups in total. The molecule has 0 aliphatic rings. The first kappa shape index (κ1) is 6.68. The summed E-state index contributed by atoms with van der Waals surface area (Å²) in [4.78, 5) is 19.6. The molecule has 0 fully saturated rings. The van der Waals surface area contributed by atoms with Gasteiger partial charge in [-0.05, 0) is 6.20 Å². The van der Waals surface area contributed by atoms with Gasteiger partial charge in [0.25, 0.3) is 0 Å². The lowest BCUT2D eigenvalue weighted by atomic mass is 10.9. The van der Waals surface area contributed by atoms with Gasteiger partial charge in [-0.1, -0.05) is 6.58 Å². The molecule has 0 saturated heterocycles. The van der Waals surface area contributed by atoms with Crippen LogP contribution < -0.4 is 10.6 Å². The lowest BCUT2D eigenvalue weighted by molar-refractivity contribution is -0.108. The fourth-order valence-electron chi connectivity index (χ4n) is 0.188. The number of amides is 3. The van der Waals surface area contributed by atoms with Crippen LogP contribution in [0.3, 0.4) is 0 Å². The highest BCUT2D eigenvalue weighted by atomic mass is 16.2. The molecule has 4 heteroatoms. The van der Waals surface area contributed by atoms with Crippen molar-refractivity contribution in [1.29, 1.82) is 0 Å². The van der Waals surface area contributed by atoms with Crippen molar-refractivity contribution in [2.24, 2.45) is 0 Å². The zero-order valence-corrected chi connectivity index (χ0v) is 4.18. The van der Waals surface area contributed by atoms with Crippen LogP contribution in [-0.4, -0.2) is 12.4 Å². The van der Waals surface area contributed by atoms with E-state index in [1.165, 1.54) is 6.20 Å². The molecule has 0 rings (SSSR count). The van der Waals surface area contributed by atoms with Crippen molar-refractivity contribution in [2.45, 2.75) is 0 Å². The average molecular weight is 114 g/mol. The van der Waals surface area contributed by atoms with Crippen LogP contribution in [0.15, 0.2) is 12.8 Å². The Kier molecular flexibility index (Phi) is 3.22. The molecule has 3 amide bonds. The second kappa shape index (κ2) is 3.86. The van der Waals surface area contributed by atoms with Crippen LogP contribution in [0.4, 0.5) is 4.79 Å². The predicted molar refractivity (Wildman–Crippen MR) is 27.9 cm³/mol. The first-order valence-electron chi connectivity index (χ1n) is 1.93. The largest absolute Gasteiger partial charge is 0.325 e. The summed E-state index contributed by atoms with van der Waals surface area (Å²) in [6.07, 6.45) is 1.47. The molecule has 0 aromatic carbocycles. The average Bonchev–Trinajstić information content (AvgIpc) is 1.68. The maximum Gasteiger partial charge on any atom is 0.325 e. The highest BCUT2D eigenvalue weighted by Gasteiger charge is 1.88. The molecule has 8 heavy (non-hydrogen) atoms. The van der Waals surface area contributed by atoms with E-state index in [2.05, 4.69) is 11.9 Å². The van der Waals surface area contributed by atoms with Crippen LogP contribution in [0.25, 0.3) is 0 Å². The normalized spacial score (nSPS) is 7.00. The molecule has 0 spiro atoms. The lowest BCUT2D eigenvalue weighted by Gasteiger charge is -1.91. The molecule has 0 atom stereocenters. The second-order valence-electron chi connectivity index (χ2n) is 0.940. The Morgan fingerprint density at radius 3 is 2.50 bits per heavy atom. The van der Waals surface area contributed by atoms with Gasteiger partial charge in [-0.25, -0.2) is 4.79 Å². The van der Waals surface area contributed by atoms with Gasteiger partial charge in [-0.2, -0.15) is 0 Å². The van der Waals surface area contributed by atoms with Crippen molar-refractivity contribution in [3.8, 4) is 0 Å². The predicted octanol–water partition coefficient (Wildman–Crippen LogP) is -0.415. The van der Waals surface area contributed by atoms with Crippen molar-refractivity contribution >= 4 is 12.4 Å². The Morgan fingerprint density at radius 2 is 2.12 bits per heavy atom. The van der Waals surface area contributed by atoms with Gasteiger partial charge in [0.15, 0.2) is 0 Å². The van der Waals surface area contributed by atoms with E-state index in [-0.39, 0.29) is 0 Å². The Labute approximate surface area is 46.6 Å². The van der Waals surface area contributed by atoms with Gasteiger partial charge in [0, 0.05) is 0 Å². The minimum absolute atomic E-state index is 0.291. The van der Waals surface area contributed by atoms with E-state index in [4.69, 9.17) is 0 Å². The van der Waals surface area contributed by atoms with E-state index in [0.29, 0.717) is 6.41 Å². The quantitative estimate of drug-likeness (QED) is 0.479. The van der Waals surface area contributed by atoms with Gasteiger partial charge in [0.1, 0.15) is 0 Å². The van der Waals surface area contributed by atoms with Gasteiger partial charge in [0.05, 0.1) is 0 Å². The number of urea groups is 1. The molecule has 0 aromatic heterocycles. The zero-order chi connectivity index (χ0) is 6.41. The van der Waals surface area contributed by atoms with Gasteiger partial charge in [-0.15, -0.1) is 0 Å². The second-order valence-corrected chi connectivity index (χ2v) is 0.940. The molecule has 0 aliphatic heterocycles. The van der Waals surface area contributed by atoms with Gasteiger partial charge < -0.3 is 5.32 Å². The summed E-state index contributed by atoms with van der Waals surface area (Å²) >= 11 is 0. The molecule has 0 heterocycles. The molecule has 4 nitrogen and oxygen atoms in total. The third kappa shape index (κ3) is 2.89. The molecule has 44 valence electrons. The third-order valence-corrected chi connectivity index (χ3v) is 0.423. The number of rotatable bonds is 2. The fraction of sp³-hybridized carbons (Fsp3) is 0. The number of imide groups is 1. The van der Waals surface area contributed by atoms with E-state index in [1.54, 1.807) is 0 Å². The maximum atomic E-state index is 10.1. The van der Waals surface area contributed by atoms with Gasteiger partial charge in [0.2, 0.25) is 6.41 Å². The molecule has 0 unspecified atom stereocenters. The molecule has 0 aromatic rings. The highest BCUT2D eigenvalue weighted by molar-refractivity contribution is 5.84. The number of hydrogen-bond acceptors (Lipinski definition) is 2. The minimum atomic E-state index is -0.574. The van der Waals surface area contributed by atoms with Crippen LogP contribution in [0.1, 0.15) is 0 Å². The summed E-state index contributed by atoms with van der Waals surface area (Å²) in [5.41, 5.74) is 0. The van der Waals surface area contributed by atoms with Gasteiger partial charge >= 0.3 is 6.03 Å². The van der Waals surface area contributed by atoms with E-state index in [0.717, 1.165) is 0 Å². The van der Waals surface area contributed by atoms with E-state index >= 15 is 0 Å². The minimum Gasteiger partial charge on any atom is -0.315 e. The first-order chi connectivity index (χ1) is 3.81.